The molecule has 0 aliphatic carbocycles. The Labute approximate surface area is 145 Å². The Morgan fingerprint density at radius 1 is 1.16 bits per heavy atom. The maximum Gasteiger partial charge on any atom is 0.326 e. The van der Waals surface area contributed by atoms with Crippen molar-refractivity contribution in [1.82, 2.24) is 9.88 Å². The normalized spacial score (nSPS) is 11.4. The molecule has 2 rings (SSSR count). The van der Waals surface area contributed by atoms with Crippen molar-refractivity contribution in [2.24, 2.45) is 0 Å². The third kappa shape index (κ3) is 5.49. The summed E-state index contributed by atoms with van der Waals surface area (Å²) in [5.41, 5.74) is 0.583. The molecule has 0 unspecified atom stereocenters. The van der Waals surface area contributed by atoms with Crippen molar-refractivity contribution in [3.05, 3.63) is 64.6 Å². The first-order valence-corrected chi connectivity index (χ1v) is 7.75. The van der Waals surface area contributed by atoms with Gasteiger partial charge in [-0.15, -0.1) is 0 Å². The van der Waals surface area contributed by atoms with Crippen LogP contribution in [0.15, 0.2) is 53.5 Å². The number of hydrogen-bond donors (Lipinski definition) is 1. The van der Waals surface area contributed by atoms with Gasteiger partial charge >= 0.3 is 5.97 Å². The predicted octanol–water partition coefficient (Wildman–Crippen LogP) is 1.10. The molecule has 7 nitrogen and oxygen atoms in total. The zero-order chi connectivity index (χ0) is 18.2. The number of aromatic nitrogens is 1. The van der Waals surface area contributed by atoms with E-state index in [2.05, 4.69) is 5.32 Å². The van der Waals surface area contributed by atoms with Gasteiger partial charge in [-0.3, -0.25) is 14.4 Å². The Bertz CT molecular complexity index is 783. The number of nitrogens with zero attached hydrogens (tertiary/aromatic N) is 1. The number of amides is 1. The maximum atomic E-state index is 12.0. The lowest BCUT2D eigenvalue weighted by atomic mass is 10.2. The molecule has 0 spiro atoms. The van der Waals surface area contributed by atoms with Crippen molar-refractivity contribution in [2.45, 2.75) is 26.1 Å². The fourth-order valence-electron chi connectivity index (χ4n) is 2.09. The predicted molar refractivity (Wildman–Crippen MR) is 91.1 cm³/mol. The van der Waals surface area contributed by atoms with E-state index in [1.165, 1.54) is 23.8 Å². The summed E-state index contributed by atoms with van der Waals surface area (Å²) in [5, 5.41) is 2.69. The van der Waals surface area contributed by atoms with Gasteiger partial charge in [-0.25, -0.2) is 0 Å². The molecule has 0 radical (unpaired) electrons. The van der Waals surface area contributed by atoms with Crippen LogP contribution < -0.4 is 15.6 Å². The highest BCUT2D eigenvalue weighted by Gasteiger charge is 2.17. The van der Waals surface area contributed by atoms with Crippen LogP contribution in [0.5, 0.6) is 5.75 Å². The van der Waals surface area contributed by atoms with E-state index < -0.39 is 18.0 Å². The molecule has 0 aliphatic heterocycles. The summed E-state index contributed by atoms with van der Waals surface area (Å²) in [4.78, 5) is 35.4. The van der Waals surface area contributed by atoms with Crippen LogP contribution in [-0.2, 0) is 27.4 Å². The number of pyridine rings is 1. The van der Waals surface area contributed by atoms with E-state index in [4.69, 9.17) is 9.47 Å². The summed E-state index contributed by atoms with van der Waals surface area (Å²) in [6, 6.07) is 11.8. The highest BCUT2D eigenvalue weighted by molar-refractivity contribution is 5.83. The third-order valence-corrected chi connectivity index (χ3v) is 3.50. The molecule has 0 saturated carbocycles. The minimum Gasteiger partial charge on any atom is -0.497 e. The number of ether oxygens (including phenoxy) is 2. The van der Waals surface area contributed by atoms with Crippen LogP contribution in [0.3, 0.4) is 0 Å². The minimum atomic E-state index is -0.954. The molecule has 1 aromatic carbocycles. The SMILES string of the molecule is COc1ccc(CNC(=O)[C@@H](C)OC(=O)Cn2ccccc2=O)cc1. The number of carbonyl (C=O) groups excluding carboxylic acids is 2. The Morgan fingerprint density at radius 3 is 2.52 bits per heavy atom. The number of carbonyl (C=O) groups is 2. The minimum absolute atomic E-state index is 0.240. The fourth-order valence-corrected chi connectivity index (χ4v) is 2.09. The lowest BCUT2D eigenvalue weighted by Gasteiger charge is -2.14. The van der Waals surface area contributed by atoms with Crippen LogP contribution in [0.1, 0.15) is 12.5 Å². The maximum absolute atomic E-state index is 12.0. The summed E-state index contributed by atoms with van der Waals surface area (Å²) >= 11 is 0. The molecule has 1 atom stereocenters. The Balaban J connectivity index is 1.81. The number of nitrogens with one attached hydrogen (secondary N) is 1. The van der Waals surface area contributed by atoms with Gasteiger partial charge < -0.3 is 19.4 Å². The highest BCUT2D eigenvalue weighted by Crippen LogP contribution is 2.11. The molecule has 1 N–H and O–H groups in total. The summed E-state index contributed by atoms with van der Waals surface area (Å²) < 4.78 is 11.3. The number of esters is 1. The molecule has 0 fully saturated rings. The monoisotopic (exact) mass is 344 g/mol. The summed E-state index contributed by atoms with van der Waals surface area (Å²) in [6.07, 6.45) is 0.531. The fraction of sp³-hybridized carbons (Fsp3) is 0.278. The molecule has 0 aliphatic rings. The van der Waals surface area contributed by atoms with Gasteiger partial charge in [-0.05, 0) is 30.7 Å². The number of methoxy groups -OCH3 is 1. The Morgan fingerprint density at radius 2 is 1.88 bits per heavy atom. The van der Waals surface area contributed by atoms with Crippen LogP contribution in [0.2, 0.25) is 0 Å². The second-order valence-electron chi connectivity index (χ2n) is 5.36. The lowest BCUT2D eigenvalue weighted by molar-refractivity contribution is -0.155. The summed E-state index contributed by atoms with van der Waals surface area (Å²) in [5.74, 6) is -0.335. The zero-order valence-electron chi connectivity index (χ0n) is 14.1. The summed E-state index contributed by atoms with van der Waals surface area (Å²) in [6.45, 7) is 1.55. The summed E-state index contributed by atoms with van der Waals surface area (Å²) in [7, 11) is 1.58. The highest BCUT2D eigenvalue weighted by atomic mass is 16.5. The van der Waals surface area contributed by atoms with Crippen molar-refractivity contribution in [1.29, 1.82) is 0 Å². The van der Waals surface area contributed by atoms with E-state index in [9.17, 15) is 14.4 Å². The Kier molecular flexibility index (Phi) is 6.33. The molecular formula is C18H20N2O5. The van der Waals surface area contributed by atoms with E-state index in [1.807, 2.05) is 12.1 Å². The number of benzene rings is 1. The topological polar surface area (TPSA) is 86.6 Å². The molecule has 132 valence electrons. The van der Waals surface area contributed by atoms with Crippen molar-refractivity contribution in [3.8, 4) is 5.75 Å². The molecule has 25 heavy (non-hydrogen) atoms. The van der Waals surface area contributed by atoms with Crippen LogP contribution in [-0.4, -0.2) is 29.7 Å². The first-order valence-electron chi connectivity index (χ1n) is 7.75. The van der Waals surface area contributed by atoms with E-state index in [0.717, 1.165) is 11.3 Å². The van der Waals surface area contributed by atoms with Gasteiger partial charge in [0.1, 0.15) is 12.3 Å². The molecule has 2 aromatic rings. The zero-order valence-corrected chi connectivity index (χ0v) is 14.1. The van der Waals surface area contributed by atoms with Crippen molar-refractivity contribution >= 4 is 11.9 Å². The molecule has 0 bridgehead atoms. The van der Waals surface area contributed by atoms with Crippen LogP contribution in [0, 0.1) is 0 Å². The van der Waals surface area contributed by atoms with Crippen molar-refractivity contribution in [3.63, 3.8) is 0 Å². The van der Waals surface area contributed by atoms with Gasteiger partial charge in [0.15, 0.2) is 6.10 Å². The van der Waals surface area contributed by atoms with Gasteiger partial charge in [0.2, 0.25) is 0 Å². The first kappa shape index (κ1) is 18.3. The molecule has 1 heterocycles. The smallest absolute Gasteiger partial charge is 0.326 e. The lowest BCUT2D eigenvalue weighted by Crippen LogP contribution is -2.36. The standard InChI is InChI=1S/C18H20N2O5/c1-13(25-17(22)12-20-10-4-3-5-16(20)21)18(23)19-11-14-6-8-15(24-2)9-7-14/h3-10,13H,11-12H2,1-2H3,(H,19,23)/t13-/m1/s1. The van der Waals surface area contributed by atoms with Crippen molar-refractivity contribution < 1.29 is 19.1 Å². The quantitative estimate of drug-likeness (QED) is 0.760. The van der Waals surface area contributed by atoms with E-state index in [-0.39, 0.29) is 12.1 Å². The second kappa shape index (κ2) is 8.68. The van der Waals surface area contributed by atoms with Crippen LogP contribution in [0.25, 0.3) is 0 Å². The first-order chi connectivity index (χ1) is 12.0. The van der Waals surface area contributed by atoms with Gasteiger partial charge in [0.05, 0.1) is 7.11 Å². The molecule has 7 heteroatoms. The largest absolute Gasteiger partial charge is 0.497 e. The van der Waals surface area contributed by atoms with Gasteiger partial charge in [-0.1, -0.05) is 18.2 Å². The molecule has 0 saturated heterocycles. The van der Waals surface area contributed by atoms with E-state index >= 15 is 0 Å². The molecule has 1 aromatic heterocycles. The van der Waals surface area contributed by atoms with Crippen molar-refractivity contribution in [2.75, 3.05) is 7.11 Å². The Hall–Kier alpha value is -3.09. The third-order valence-electron chi connectivity index (χ3n) is 3.50. The van der Waals surface area contributed by atoms with E-state index in [0.29, 0.717) is 6.54 Å². The van der Waals surface area contributed by atoms with Gasteiger partial charge in [-0.2, -0.15) is 0 Å². The second-order valence-corrected chi connectivity index (χ2v) is 5.36. The van der Waals surface area contributed by atoms with Gasteiger partial charge in [0.25, 0.3) is 11.5 Å². The average Bonchev–Trinajstić information content (AvgIpc) is 2.62. The van der Waals surface area contributed by atoms with E-state index in [1.54, 1.807) is 31.4 Å². The molecular weight excluding hydrogens is 324 g/mol. The van der Waals surface area contributed by atoms with Crippen LogP contribution in [0.4, 0.5) is 0 Å². The molecule has 1 amide bonds. The van der Waals surface area contributed by atoms with Crippen LogP contribution >= 0.6 is 0 Å². The van der Waals surface area contributed by atoms with Gasteiger partial charge in [0, 0.05) is 18.8 Å². The number of hydrogen-bond acceptors (Lipinski definition) is 5. The number of rotatable bonds is 7. The average molecular weight is 344 g/mol.